The number of nitrogens with zero attached hydrogens (tertiary/aromatic N) is 1. The van der Waals surface area contributed by atoms with Crippen molar-refractivity contribution in [1.29, 1.82) is 0 Å². The maximum Gasteiger partial charge on any atom is 0.236 e. The first kappa shape index (κ1) is 9.48. The van der Waals surface area contributed by atoms with E-state index < -0.39 is 0 Å². The standard InChI is InChI=1S/C8H16N2O2/c1-8(2)6-12-4-3-10(8)7(11)5-9/h3-6,9H2,1-2H3. The summed E-state index contributed by atoms with van der Waals surface area (Å²) in [4.78, 5) is 13.1. The molecule has 1 amide bonds. The molecule has 0 aliphatic carbocycles. The second-order valence-electron chi connectivity index (χ2n) is 3.61. The molecule has 4 nitrogen and oxygen atoms in total. The smallest absolute Gasteiger partial charge is 0.236 e. The van der Waals surface area contributed by atoms with Crippen LogP contribution in [0.4, 0.5) is 0 Å². The Morgan fingerprint density at radius 2 is 2.33 bits per heavy atom. The van der Waals surface area contributed by atoms with Crippen molar-refractivity contribution in [2.24, 2.45) is 5.73 Å². The monoisotopic (exact) mass is 172 g/mol. The van der Waals surface area contributed by atoms with Crippen LogP contribution in [-0.4, -0.2) is 42.6 Å². The van der Waals surface area contributed by atoms with Crippen molar-refractivity contribution in [2.45, 2.75) is 19.4 Å². The third-order valence-electron chi connectivity index (χ3n) is 2.12. The van der Waals surface area contributed by atoms with Gasteiger partial charge in [-0.1, -0.05) is 0 Å². The summed E-state index contributed by atoms with van der Waals surface area (Å²) in [6.45, 7) is 5.93. The van der Waals surface area contributed by atoms with Crippen LogP contribution in [0, 0.1) is 0 Å². The van der Waals surface area contributed by atoms with Gasteiger partial charge < -0.3 is 15.4 Å². The lowest BCUT2D eigenvalue weighted by atomic mass is 10.0. The van der Waals surface area contributed by atoms with Crippen LogP contribution in [0.2, 0.25) is 0 Å². The van der Waals surface area contributed by atoms with Crippen molar-refractivity contribution in [3.05, 3.63) is 0 Å². The summed E-state index contributed by atoms with van der Waals surface area (Å²) in [6.07, 6.45) is 0. The predicted octanol–water partition coefficient (Wildman–Crippen LogP) is -0.417. The van der Waals surface area contributed by atoms with Crippen LogP contribution in [-0.2, 0) is 9.53 Å². The van der Waals surface area contributed by atoms with Crippen molar-refractivity contribution in [3.8, 4) is 0 Å². The van der Waals surface area contributed by atoms with Crippen LogP contribution in [0.15, 0.2) is 0 Å². The van der Waals surface area contributed by atoms with Crippen LogP contribution in [0.5, 0.6) is 0 Å². The van der Waals surface area contributed by atoms with Crippen molar-refractivity contribution in [1.82, 2.24) is 4.90 Å². The quantitative estimate of drug-likeness (QED) is 0.584. The van der Waals surface area contributed by atoms with E-state index >= 15 is 0 Å². The first-order chi connectivity index (χ1) is 5.58. The molecule has 0 saturated carbocycles. The van der Waals surface area contributed by atoms with Gasteiger partial charge in [-0.15, -0.1) is 0 Å². The molecule has 1 fully saturated rings. The summed E-state index contributed by atoms with van der Waals surface area (Å²) >= 11 is 0. The summed E-state index contributed by atoms with van der Waals surface area (Å²) in [5.41, 5.74) is 5.09. The molecule has 1 rings (SSSR count). The third kappa shape index (κ3) is 1.76. The summed E-state index contributed by atoms with van der Waals surface area (Å²) in [5, 5.41) is 0. The van der Waals surface area contributed by atoms with Crippen molar-refractivity contribution in [2.75, 3.05) is 26.3 Å². The number of ether oxygens (including phenoxy) is 1. The second-order valence-corrected chi connectivity index (χ2v) is 3.61. The molecule has 12 heavy (non-hydrogen) atoms. The average molecular weight is 172 g/mol. The Morgan fingerprint density at radius 3 is 2.83 bits per heavy atom. The van der Waals surface area contributed by atoms with Gasteiger partial charge in [-0.25, -0.2) is 0 Å². The Labute approximate surface area is 72.7 Å². The van der Waals surface area contributed by atoms with Gasteiger partial charge in [-0.3, -0.25) is 4.79 Å². The summed E-state index contributed by atoms with van der Waals surface area (Å²) < 4.78 is 5.27. The number of hydrogen-bond acceptors (Lipinski definition) is 3. The number of carbonyl (C=O) groups is 1. The molecule has 0 aromatic carbocycles. The molecule has 1 saturated heterocycles. The molecular weight excluding hydrogens is 156 g/mol. The van der Waals surface area contributed by atoms with Gasteiger partial charge in [0, 0.05) is 6.54 Å². The van der Waals surface area contributed by atoms with E-state index in [1.165, 1.54) is 0 Å². The highest BCUT2D eigenvalue weighted by Gasteiger charge is 2.33. The van der Waals surface area contributed by atoms with E-state index in [9.17, 15) is 4.79 Å². The van der Waals surface area contributed by atoms with E-state index in [1.54, 1.807) is 4.90 Å². The topological polar surface area (TPSA) is 55.6 Å². The van der Waals surface area contributed by atoms with Crippen LogP contribution in [0.1, 0.15) is 13.8 Å². The van der Waals surface area contributed by atoms with Gasteiger partial charge in [-0.2, -0.15) is 0 Å². The number of rotatable bonds is 1. The van der Waals surface area contributed by atoms with Crippen LogP contribution in [0.25, 0.3) is 0 Å². The molecule has 1 heterocycles. The number of nitrogens with two attached hydrogens (primary N) is 1. The van der Waals surface area contributed by atoms with Gasteiger partial charge in [-0.05, 0) is 13.8 Å². The van der Waals surface area contributed by atoms with Gasteiger partial charge in [0.15, 0.2) is 0 Å². The zero-order valence-electron chi connectivity index (χ0n) is 7.67. The Hall–Kier alpha value is -0.610. The molecule has 0 bridgehead atoms. The maximum atomic E-state index is 11.3. The minimum absolute atomic E-state index is 0.00306. The van der Waals surface area contributed by atoms with Crippen LogP contribution >= 0.6 is 0 Å². The highest BCUT2D eigenvalue weighted by atomic mass is 16.5. The minimum Gasteiger partial charge on any atom is -0.377 e. The number of amides is 1. The van der Waals surface area contributed by atoms with E-state index in [1.807, 2.05) is 13.8 Å². The largest absolute Gasteiger partial charge is 0.377 e. The number of morpholine rings is 1. The zero-order chi connectivity index (χ0) is 9.19. The lowest BCUT2D eigenvalue weighted by Crippen LogP contribution is -2.56. The molecule has 1 aliphatic heterocycles. The molecule has 0 radical (unpaired) electrons. The molecule has 0 atom stereocenters. The molecule has 0 aromatic heterocycles. The maximum absolute atomic E-state index is 11.3. The summed E-state index contributed by atoms with van der Waals surface area (Å²) in [6, 6.07) is 0. The molecular formula is C8H16N2O2. The van der Waals surface area contributed by atoms with Gasteiger partial charge in [0.25, 0.3) is 0 Å². The lowest BCUT2D eigenvalue weighted by Gasteiger charge is -2.41. The van der Waals surface area contributed by atoms with E-state index in [2.05, 4.69) is 0 Å². The Balaban J connectivity index is 2.66. The van der Waals surface area contributed by atoms with E-state index in [4.69, 9.17) is 10.5 Å². The summed E-state index contributed by atoms with van der Waals surface area (Å²) in [7, 11) is 0. The predicted molar refractivity (Wildman–Crippen MR) is 45.7 cm³/mol. The van der Waals surface area contributed by atoms with Crippen LogP contribution < -0.4 is 5.73 Å². The summed E-state index contributed by atoms with van der Waals surface area (Å²) in [5.74, 6) is 0.00306. The fourth-order valence-electron chi connectivity index (χ4n) is 1.43. The van der Waals surface area contributed by atoms with Crippen molar-refractivity contribution >= 4 is 5.91 Å². The Kier molecular flexibility index (Phi) is 2.69. The van der Waals surface area contributed by atoms with E-state index in [0.29, 0.717) is 19.8 Å². The average Bonchev–Trinajstić information content (AvgIpc) is 2.02. The molecule has 0 spiro atoms. The lowest BCUT2D eigenvalue weighted by molar-refractivity contribution is -0.144. The molecule has 4 heteroatoms. The molecule has 0 unspecified atom stereocenters. The normalized spacial score (nSPS) is 22.4. The van der Waals surface area contributed by atoms with Gasteiger partial charge in [0.1, 0.15) is 0 Å². The number of hydrogen-bond donors (Lipinski definition) is 1. The Morgan fingerprint density at radius 1 is 1.67 bits per heavy atom. The number of carbonyl (C=O) groups excluding carboxylic acids is 1. The van der Waals surface area contributed by atoms with Gasteiger partial charge >= 0.3 is 0 Å². The van der Waals surface area contributed by atoms with Crippen molar-refractivity contribution in [3.63, 3.8) is 0 Å². The zero-order valence-corrected chi connectivity index (χ0v) is 7.67. The fraction of sp³-hybridized carbons (Fsp3) is 0.875. The Bertz CT molecular complexity index is 180. The third-order valence-corrected chi connectivity index (χ3v) is 2.12. The fourth-order valence-corrected chi connectivity index (χ4v) is 1.43. The second kappa shape index (κ2) is 3.41. The molecule has 1 aliphatic rings. The first-order valence-corrected chi connectivity index (χ1v) is 4.16. The van der Waals surface area contributed by atoms with Gasteiger partial charge in [0.2, 0.25) is 5.91 Å². The first-order valence-electron chi connectivity index (χ1n) is 4.16. The van der Waals surface area contributed by atoms with E-state index in [-0.39, 0.29) is 18.0 Å². The minimum atomic E-state index is -0.200. The van der Waals surface area contributed by atoms with Gasteiger partial charge in [0.05, 0.1) is 25.3 Å². The molecule has 70 valence electrons. The molecule has 0 aromatic rings. The highest BCUT2D eigenvalue weighted by molar-refractivity contribution is 5.78. The highest BCUT2D eigenvalue weighted by Crippen LogP contribution is 2.18. The van der Waals surface area contributed by atoms with Crippen molar-refractivity contribution < 1.29 is 9.53 Å². The van der Waals surface area contributed by atoms with Crippen LogP contribution in [0.3, 0.4) is 0 Å². The molecule has 2 N–H and O–H groups in total. The SMILES string of the molecule is CC1(C)COCCN1C(=O)CN. The van der Waals surface area contributed by atoms with E-state index in [0.717, 1.165) is 0 Å².